The van der Waals surface area contributed by atoms with Crippen LogP contribution < -0.4 is 10.3 Å². The maximum Gasteiger partial charge on any atom is 0.344 e. The van der Waals surface area contributed by atoms with Crippen molar-refractivity contribution in [2.45, 2.75) is 46.1 Å². The SMILES string of the molecule is CC[C@@H](C)c1nc2ccc(Br)cc2c(=O)n1N=Cc1cc(Cl)cc([N+](=O)[O-])c1OCC(=O)OC(C)C. The van der Waals surface area contributed by atoms with E-state index in [9.17, 15) is 19.7 Å². The van der Waals surface area contributed by atoms with Crippen LogP contribution in [-0.4, -0.2) is 39.5 Å². The second-order valence-electron chi connectivity index (χ2n) is 8.23. The molecule has 0 radical (unpaired) electrons. The van der Waals surface area contributed by atoms with Crippen molar-refractivity contribution in [3.63, 3.8) is 0 Å². The summed E-state index contributed by atoms with van der Waals surface area (Å²) in [6.45, 7) is 6.65. The van der Waals surface area contributed by atoms with E-state index in [-0.39, 0.29) is 28.4 Å². The van der Waals surface area contributed by atoms with Gasteiger partial charge in [-0.25, -0.2) is 9.78 Å². The molecule has 0 aliphatic carbocycles. The first-order chi connectivity index (χ1) is 17.0. The van der Waals surface area contributed by atoms with Gasteiger partial charge in [0, 0.05) is 27.0 Å². The lowest BCUT2D eigenvalue weighted by atomic mass is 10.1. The van der Waals surface area contributed by atoms with Crippen molar-refractivity contribution >= 4 is 56.3 Å². The lowest BCUT2D eigenvalue weighted by molar-refractivity contribution is -0.385. The third kappa shape index (κ3) is 6.27. The zero-order valence-electron chi connectivity index (χ0n) is 20.0. The number of ether oxygens (including phenoxy) is 2. The molecule has 1 atom stereocenters. The molecule has 190 valence electrons. The number of aromatic nitrogens is 2. The Morgan fingerprint density at radius 1 is 1.31 bits per heavy atom. The van der Waals surface area contributed by atoms with Crippen molar-refractivity contribution in [1.82, 2.24) is 9.66 Å². The van der Waals surface area contributed by atoms with Crippen molar-refractivity contribution in [2.75, 3.05) is 6.61 Å². The number of hydrogen-bond acceptors (Lipinski definition) is 8. The molecule has 1 heterocycles. The predicted octanol–water partition coefficient (Wildman–Crippen LogP) is 5.45. The molecule has 0 aliphatic heterocycles. The largest absolute Gasteiger partial charge is 0.474 e. The molecule has 0 fully saturated rings. The number of carbonyl (C=O) groups excluding carboxylic acids is 1. The first-order valence-electron chi connectivity index (χ1n) is 11.1. The molecule has 0 saturated carbocycles. The molecule has 0 spiro atoms. The monoisotopic (exact) mass is 578 g/mol. The van der Waals surface area contributed by atoms with E-state index >= 15 is 0 Å². The summed E-state index contributed by atoms with van der Waals surface area (Å²) in [4.78, 5) is 41.0. The van der Waals surface area contributed by atoms with Gasteiger partial charge in [0.2, 0.25) is 5.75 Å². The van der Waals surface area contributed by atoms with Crippen molar-refractivity contribution in [1.29, 1.82) is 0 Å². The summed E-state index contributed by atoms with van der Waals surface area (Å²) >= 11 is 9.47. The Kier molecular flexibility index (Phi) is 8.80. The van der Waals surface area contributed by atoms with Gasteiger partial charge in [0.1, 0.15) is 5.82 Å². The van der Waals surface area contributed by atoms with Crippen LogP contribution in [0.15, 0.2) is 44.7 Å². The van der Waals surface area contributed by atoms with Crippen LogP contribution in [0.25, 0.3) is 10.9 Å². The molecule has 0 bridgehead atoms. The summed E-state index contributed by atoms with van der Waals surface area (Å²) in [5.41, 5.74) is -0.248. The molecule has 3 aromatic rings. The Hall–Kier alpha value is -3.31. The van der Waals surface area contributed by atoms with Crippen molar-refractivity contribution in [2.24, 2.45) is 5.10 Å². The quantitative estimate of drug-likeness (QED) is 0.143. The van der Waals surface area contributed by atoms with Crippen LogP contribution in [-0.2, 0) is 9.53 Å². The first-order valence-corrected chi connectivity index (χ1v) is 12.3. The van der Waals surface area contributed by atoms with E-state index in [2.05, 4.69) is 26.0 Å². The van der Waals surface area contributed by atoms with E-state index in [4.69, 9.17) is 21.1 Å². The minimum absolute atomic E-state index is 0.0512. The summed E-state index contributed by atoms with van der Waals surface area (Å²) in [5.74, 6) is -0.619. The van der Waals surface area contributed by atoms with Gasteiger partial charge in [0.15, 0.2) is 6.61 Å². The summed E-state index contributed by atoms with van der Waals surface area (Å²) in [5, 5.41) is 16.4. The number of nitrogens with zero attached hydrogens (tertiary/aromatic N) is 4. The normalized spacial score (nSPS) is 12.3. The fourth-order valence-electron chi connectivity index (χ4n) is 3.32. The molecule has 0 N–H and O–H groups in total. The Morgan fingerprint density at radius 3 is 2.67 bits per heavy atom. The highest BCUT2D eigenvalue weighted by Gasteiger charge is 2.23. The molecule has 0 saturated heterocycles. The van der Waals surface area contributed by atoms with Crippen molar-refractivity contribution in [3.05, 3.63) is 71.7 Å². The summed E-state index contributed by atoms with van der Waals surface area (Å²) in [6.07, 6.45) is 1.54. The van der Waals surface area contributed by atoms with Gasteiger partial charge in [-0.3, -0.25) is 14.9 Å². The van der Waals surface area contributed by atoms with Crippen molar-refractivity contribution < 1.29 is 19.2 Å². The van der Waals surface area contributed by atoms with Crippen LogP contribution in [0.1, 0.15) is 51.4 Å². The highest BCUT2D eigenvalue weighted by Crippen LogP contribution is 2.34. The lowest BCUT2D eigenvalue weighted by Crippen LogP contribution is -2.24. The summed E-state index contributed by atoms with van der Waals surface area (Å²) in [6, 6.07) is 7.68. The molecular weight excluding hydrogens is 556 g/mol. The van der Waals surface area contributed by atoms with E-state index in [0.29, 0.717) is 27.6 Å². The van der Waals surface area contributed by atoms with Gasteiger partial charge in [0.05, 0.1) is 28.1 Å². The number of halogens is 2. The number of nitro groups is 1. The Balaban J connectivity index is 2.15. The number of benzene rings is 2. The smallest absolute Gasteiger partial charge is 0.344 e. The van der Waals surface area contributed by atoms with Crippen LogP contribution in [0.2, 0.25) is 5.02 Å². The molecule has 0 amide bonds. The van der Waals surface area contributed by atoms with Crippen LogP contribution in [0.3, 0.4) is 0 Å². The van der Waals surface area contributed by atoms with Crippen LogP contribution >= 0.6 is 27.5 Å². The Bertz CT molecular complexity index is 1410. The Labute approximate surface area is 220 Å². The maximum atomic E-state index is 13.3. The van der Waals surface area contributed by atoms with Crippen LogP contribution in [0.4, 0.5) is 5.69 Å². The fourth-order valence-corrected chi connectivity index (χ4v) is 3.90. The molecule has 2 aromatic carbocycles. The number of carbonyl (C=O) groups is 1. The summed E-state index contributed by atoms with van der Waals surface area (Å²) < 4.78 is 12.4. The molecule has 0 aliphatic rings. The Morgan fingerprint density at radius 2 is 2.03 bits per heavy atom. The average molecular weight is 580 g/mol. The second-order valence-corrected chi connectivity index (χ2v) is 9.58. The number of hydrogen-bond donors (Lipinski definition) is 0. The highest BCUT2D eigenvalue weighted by molar-refractivity contribution is 9.10. The highest BCUT2D eigenvalue weighted by atomic mass is 79.9. The first kappa shape index (κ1) is 27.3. The minimum atomic E-state index is -0.697. The molecule has 10 nitrogen and oxygen atoms in total. The molecule has 36 heavy (non-hydrogen) atoms. The van der Waals surface area contributed by atoms with Gasteiger partial charge >= 0.3 is 11.7 Å². The van der Waals surface area contributed by atoms with E-state index < -0.39 is 28.7 Å². The second kappa shape index (κ2) is 11.6. The van der Waals surface area contributed by atoms with Gasteiger partial charge in [-0.15, -0.1) is 0 Å². The molecule has 1 aromatic heterocycles. The minimum Gasteiger partial charge on any atom is -0.474 e. The third-order valence-electron chi connectivity index (χ3n) is 5.16. The van der Waals surface area contributed by atoms with Gasteiger partial charge < -0.3 is 9.47 Å². The zero-order valence-corrected chi connectivity index (χ0v) is 22.4. The van der Waals surface area contributed by atoms with Crippen LogP contribution in [0.5, 0.6) is 5.75 Å². The lowest BCUT2D eigenvalue weighted by Gasteiger charge is -2.14. The van der Waals surface area contributed by atoms with E-state index in [1.807, 2.05) is 13.8 Å². The standard InChI is InChI=1S/C24H24BrClN4O6/c1-5-14(4)23-28-19-7-6-16(25)9-18(19)24(32)29(23)27-11-15-8-17(26)10-20(30(33)34)22(15)35-12-21(31)36-13(2)3/h6-11,13-14H,5,12H2,1-4H3/t14-/m1/s1. The zero-order chi connectivity index (χ0) is 26.6. The van der Waals surface area contributed by atoms with E-state index in [1.54, 1.807) is 32.0 Å². The number of rotatable bonds is 9. The van der Waals surface area contributed by atoms with E-state index in [0.717, 1.165) is 10.7 Å². The molecule has 12 heteroatoms. The van der Waals surface area contributed by atoms with E-state index in [1.165, 1.54) is 12.3 Å². The topological polar surface area (TPSA) is 126 Å². The average Bonchev–Trinajstić information content (AvgIpc) is 2.81. The molecular formula is C24H24BrClN4O6. The van der Waals surface area contributed by atoms with Gasteiger partial charge in [-0.2, -0.15) is 9.78 Å². The van der Waals surface area contributed by atoms with Crippen molar-refractivity contribution in [3.8, 4) is 5.75 Å². The van der Waals surface area contributed by atoms with Gasteiger partial charge in [-0.05, 0) is 44.5 Å². The van der Waals surface area contributed by atoms with Gasteiger partial charge in [0.25, 0.3) is 5.56 Å². The number of nitro benzene ring substituents is 1. The third-order valence-corrected chi connectivity index (χ3v) is 5.87. The number of fused-ring (bicyclic) bond motifs is 1. The molecule has 3 rings (SSSR count). The maximum absolute atomic E-state index is 13.3. The summed E-state index contributed by atoms with van der Waals surface area (Å²) in [7, 11) is 0. The van der Waals surface area contributed by atoms with Gasteiger partial charge in [-0.1, -0.05) is 41.4 Å². The number of esters is 1. The predicted molar refractivity (Wildman–Crippen MR) is 140 cm³/mol. The van der Waals surface area contributed by atoms with Crippen LogP contribution in [0, 0.1) is 10.1 Å². The fraction of sp³-hybridized carbons (Fsp3) is 0.333. The molecule has 0 unspecified atom stereocenters.